The Morgan fingerprint density at radius 2 is 0.792 bits per heavy atom. The zero-order chi connectivity index (χ0) is 36.7. The third-order valence-electron chi connectivity index (χ3n) is 9.93. The van der Waals surface area contributed by atoms with Crippen molar-refractivity contribution in [2.24, 2.45) is 0 Å². The Morgan fingerprint density at radius 1 is 0.472 bits per heavy atom. The molecule has 0 atom stereocenters. The summed E-state index contributed by atoms with van der Waals surface area (Å²) < 4.78 is 13.0. The van der Waals surface area contributed by atoms with Crippen LogP contribution >= 0.6 is 0 Å². The number of benzene rings is 8. The van der Waals surface area contributed by atoms with Crippen molar-refractivity contribution < 1.29 is 24.5 Å². The Hall–Kier alpha value is -6.17. The van der Waals surface area contributed by atoms with Crippen LogP contribution in [0.1, 0.15) is 52.0 Å². The third-order valence-corrected chi connectivity index (χ3v) is 9.93. The number of aromatic carboxylic acids is 1. The van der Waals surface area contributed by atoms with Crippen molar-refractivity contribution in [2.45, 2.75) is 46.5 Å². The zero-order valence-corrected chi connectivity index (χ0v) is 30.0. The number of hydrogen-bond acceptors (Lipinski definition) is 4. The Morgan fingerprint density at radius 3 is 1.08 bits per heavy atom. The van der Waals surface area contributed by atoms with Crippen molar-refractivity contribution in [3.8, 4) is 11.5 Å². The molecule has 0 saturated carbocycles. The average Bonchev–Trinajstić information content (AvgIpc) is 3.21. The van der Waals surface area contributed by atoms with E-state index in [-0.39, 0.29) is 6.61 Å². The van der Waals surface area contributed by atoms with E-state index in [1.54, 1.807) is 30.3 Å². The molecule has 0 aliphatic heterocycles. The van der Waals surface area contributed by atoms with Gasteiger partial charge in [0.05, 0.1) is 12.2 Å². The number of ether oxygens (including phenoxy) is 2. The van der Waals surface area contributed by atoms with Gasteiger partial charge in [0.1, 0.15) is 24.7 Å². The second-order valence-electron chi connectivity index (χ2n) is 13.0. The highest BCUT2D eigenvalue weighted by Crippen LogP contribution is 2.36. The van der Waals surface area contributed by atoms with E-state index in [9.17, 15) is 9.90 Å². The molecule has 0 aliphatic carbocycles. The van der Waals surface area contributed by atoms with Gasteiger partial charge in [-0.15, -0.1) is 0 Å². The van der Waals surface area contributed by atoms with Crippen molar-refractivity contribution in [2.75, 3.05) is 0 Å². The summed E-state index contributed by atoms with van der Waals surface area (Å²) in [4.78, 5) is 10.2. The third kappa shape index (κ3) is 7.30. The molecule has 5 heteroatoms. The SMILES string of the molecule is CCc1c2ccccc2c(COc2cc(CO)cc(OCc3c4ccccc4c(CC)c4ccccc34)c2)c2ccccc12.O=C(O)c1ccccc1. The lowest BCUT2D eigenvalue weighted by atomic mass is 9.91. The molecular weight excluding hydrogens is 657 g/mol. The smallest absolute Gasteiger partial charge is 0.335 e. The second kappa shape index (κ2) is 16.0. The van der Waals surface area contributed by atoms with Gasteiger partial charge in [-0.1, -0.05) is 129 Å². The summed E-state index contributed by atoms with van der Waals surface area (Å²) in [6.07, 6.45) is 1.93. The number of aliphatic hydroxyl groups excluding tert-OH is 1. The van der Waals surface area contributed by atoms with Gasteiger partial charge in [0.15, 0.2) is 0 Å². The molecule has 0 aliphatic rings. The first-order chi connectivity index (χ1) is 26.0. The number of rotatable bonds is 10. The van der Waals surface area contributed by atoms with Gasteiger partial charge in [0.25, 0.3) is 0 Å². The summed E-state index contributed by atoms with van der Waals surface area (Å²) in [5.74, 6) is 0.473. The molecule has 53 heavy (non-hydrogen) atoms. The first kappa shape index (κ1) is 35.2. The van der Waals surface area contributed by atoms with Crippen molar-refractivity contribution in [1.82, 2.24) is 0 Å². The maximum absolute atomic E-state index is 10.2. The van der Waals surface area contributed by atoms with Crippen LogP contribution in [0.5, 0.6) is 11.5 Å². The minimum Gasteiger partial charge on any atom is -0.489 e. The van der Waals surface area contributed by atoms with E-state index in [1.807, 2.05) is 18.2 Å². The maximum atomic E-state index is 10.2. The van der Waals surface area contributed by atoms with E-state index in [0.29, 0.717) is 30.3 Å². The van der Waals surface area contributed by atoms with Gasteiger partial charge in [-0.25, -0.2) is 4.79 Å². The van der Waals surface area contributed by atoms with Crippen LogP contribution in [0.15, 0.2) is 146 Å². The average molecular weight is 699 g/mol. The summed E-state index contributed by atoms with van der Waals surface area (Å²) in [6, 6.07) is 48.5. The van der Waals surface area contributed by atoms with Crippen LogP contribution in [-0.2, 0) is 32.7 Å². The lowest BCUT2D eigenvalue weighted by molar-refractivity contribution is 0.0697. The van der Waals surface area contributed by atoms with Gasteiger partial charge in [-0.2, -0.15) is 0 Å². The molecule has 0 bridgehead atoms. The highest BCUT2D eigenvalue weighted by Gasteiger charge is 2.16. The molecule has 0 unspecified atom stereocenters. The lowest BCUT2D eigenvalue weighted by Crippen LogP contribution is -2.03. The summed E-state index contributed by atoms with van der Waals surface area (Å²) in [6.45, 7) is 5.16. The summed E-state index contributed by atoms with van der Waals surface area (Å²) in [5.41, 5.74) is 6.15. The highest BCUT2D eigenvalue weighted by atomic mass is 16.5. The molecule has 0 amide bonds. The van der Waals surface area contributed by atoms with E-state index >= 15 is 0 Å². The van der Waals surface area contributed by atoms with Crippen LogP contribution < -0.4 is 9.47 Å². The number of carbonyl (C=O) groups is 1. The highest BCUT2D eigenvalue weighted by molar-refractivity contribution is 6.07. The molecule has 0 spiro atoms. The predicted octanol–water partition coefficient (Wildman–Crippen LogP) is 11.5. The molecular formula is C48H42O5. The van der Waals surface area contributed by atoms with Crippen LogP contribution in [0.4, 0.5) is 0 Å². The number of carboxylic acid groups (broad SMARTS) is 1. The molecule has 0 fully saturated rings. The normalized spacial score (nSPS) is 11.1. The summed E-state index contributed by atoms with van der Waals surface area (Å²) in [5, 5.41) is 28.5. The number of aryl methyl sites for hydroxylation is 2. The van der Waals surface area contributed by atoms with Crippen LogP contribution in [0.3, 0.4) is 0 Å². The van der Waals surface area contributed by atoms with Crippen molar-refractivity contribution in [1.29, 1.82) is 0 Å². The molecule has 0 aromatic heterocycles. The Labute approximate surface area is 309 Å². The van der Waals surface area contributed by atoms with Crippen LogP contribution in [0.25, 0.3) is 43.1 Å². The Bertz CT molecular complexity index is 2290. The van der Waals surface area contributed by atoms with Gasteiger partial charge >= 0.3 is 5.97 Å². The van der Waals surface area contributed by atoms with Gasteiger partial charge < -0.3 is 19.7 Å². The van der Waals surface area contributed by atoms with Gasteiger partial charge in [0.2, 0.25) is 0 Å². The summed E-state index contributed by atoms with van der Waals surface area (Å²) in [7, 11) is 0. The zero-order valence-electron chi connectivity index (χ0n) is 30.0. The first-order valence-electron chi connectivity index (χ1n) is 18.1. The summed E-state index contributed by atoms with van der Waals surface area (Å²) >= 11 is 0. The van der Waals surface area contributed by atoms with E-state index in [1.165, 1.54) is 65.3 Å². The minimum atomic E-state index is -0.879. The predicted molar refractivity (Wildman–Crippen MR) is 216 cm³/mol. The maximum Gasteiger partial charge on any atom is 0.335 e. The Kier molecular flexibility index (Phi) is 10.7. The molecule has 8 aromatic carbocycles. The van der Waals surface area contributed by atoms with Gasteiger partial charge in [0, 0.05) is 17.2 Å². The minimum absolute atomic E-state index is 0.0956. The quantitative estimate of drug-likeness (QED) is 0.139. The van der Waals surface area contributed by atoms with E-state index in [2.05, 4.69) is 111 Å². The fourth-order valence-electron chi connectivity index (χ4n) is 7.47. The topological polar surface area (TPSA) is 76.0 Å². The molecule has 264 valence electrons. The molecule has 0 saturated heterocycles. The molecule has 8 aromatic rings. The van der Waals surface area contributed by atoms with Gasteiger partial charge in [-0.05, 0) is 96.9 Å². The fourth-order valence-corrected chi connectivity index (χ4v) is 7.47. The van der Waals surface area contributed by atoms with Crippen LogP contribution in [0, 0.1) is 0 Å². The number of carboxylic acids is 1. The number of aliphatic hydroxyl groups is 1. The largest absolute Gasteiger partial charge is 0.489 e. The van der Waals surface area contributed by atoms with E-state index in [0.717, 1.165) is 18.4 Å². The number of hydrogen-bond donors (Lipinski definition) is 2. The van der Waals surface area contributed by atoms with Crippen molar-refractivity contribution >= 4 is 49.1 Å². The van der Waals surface area contributed by atoms with Gasteiger partial charge in [-0.3, -0.25) is 0 Å². The van der Waals surface area contributed by atoms with Crippen LogP contribution in [-0.4, -0.2) is 16.2 Å². The molecule has 0 heterocycles. The molecule has 5 nitrogen and oxygen atoms in total. The lowest BCUT2D eigenvalue weighted by Gasteiger charge is -2.18. The fraction of sp³-hybridized carbons (Fsp3) is 0.146. The molecule has 2 N–H and O–H groups in total. The standard InChI is InChI=1S/C41H36O3.C7H6O2/c1-3-30-32-13-5-9-17-36(32)40(37-18-10-6-14-33(30)37)25-43-28-21-27(24-42)22-29(23-28)44-26-41-38-19-11-7-15-34(38)31(4-2)35-16-8-12-20-39(35)41;8-7(9)6-4-2-1-3-5-6/h5-23,42H,3-4,24-26H2,1-2H3;1-5H,(H,8,9). The molecule has 8 rings (SSSR count). The first-order valence-corrected chi connectivity index (χ1v) is 18.1. The monoisotopic (exact) mass is 698 g/mol. The van der Waals surface area contributed by atoms with Crippen LogP contribution in [0.2, 0.25) is 0 Å². The Balaban J connectivity index is 0.000000425. The molecule has 0 radical (unpaired) electrons. The van der Waals surface area contributed by atoms with E-state index in [4.69, 9.17) is 14.6 Å². The van der Waals surface area contributed by atoms with Crippen molar-refractivity contribution in [3.63, 3.8) is 0 Å². The number of fused-ring (bicyclic) bond motifs is 4. The van der Waals surface area contributed by atoms with E-state index < -0.39 is 5.97 Å². The van der Waals surface area contributed by atoms with Crippen molar-refractivity contribution in [3.05, 3.63) is 179 Å². The second-order valence-corrected chi connectivity index (χ2v) is 13.0.